The van der Waals surface area contributed by atoms with Crippen LogP contribution in [-0.4, -0.2) is 55.0 Å². The Labute approximate surface area is 126 Å². The largest absolute Gasteiger partial charge is 0.462 e. The average Bonchev–Trinajstić information content (AvgIpc) is 2.79. The van der Waals surface area contributed by atoms with Crippen molar-refractivity contribution in [3.05, 3.63) is 29.7 Å². The van der Waals surface area contributed by atoms with Gasteiger partial charge in [0, 0.05) is 20.2 Å². The molecule has 0 aliphatic carbocycles. The molecule has 1 aromatic heterocycles. The molecule has 1 heterocycles. The van der Waals surface area contributed by atoms with E-state index in [0.717, 1.165) is 11.0 Å². The maximum absolute atomic E-state index is 12.5. The first-order valence-electron chi connectivity index (χ1n) is 6.39. The number of carbonyl (C=O) groups excluding carboxylic acids is 2. The monoisotopic (exact) mass is 318 g/mol. The van der Waals surface area contributed by atoms with E-state index < -0.39 is 31.1 Å². The molecule has 0 spiro atoms. The number of aryl methyl sites for hydroxylation is 1. The molecule has 5 nitrogen and oxygen atoms in total. The molecule has 0 N–H and O–H groups in total. The quantitative estimate of drug-likeness (QED) is 0.781. The van der Waals surface area contributed by atoms with Crippen molar-refractivity contribution in [1.29, 1.82) is 0 Å². The number of nitrogens with zero attached hydrogens (tertiary/aromatic N) is 2. The van der Waals surface area contributed by atoms with Gasteiger partial charge in [0.25, 0.3) is 0 Å². The number of halogens is 3. The van der Waals surface area contributed by atoms with Crippen molar-refractivity contribution in [3.63, 3.8) is 0 Å². The summed E-state index contributed by atoms with van der Waals surface area (Å²) in [4.78, 5) is 25.0. The van der Waals surface area contributed by atoms with Crippen molar-refractivity contribution < 1.29 is 27.2 Å². The molecule has 2 amide bonds. The lowest BCUT2D eigenvalue weighted by molar-refractivity contribution is -0.161. The average molecular weight is 318 g/mol. The minimum atomic E-state index is -4.59. The summed E-state index contributed by atoms with van der Waals surface area (Å²) in [6.07, 6.45) is -2.37. The van der Waals surface area contributed by atoms with Gasteiger partial charge in [-0.15, -0.1) is 0 Å². The van der Waals surface area contributed by atoms with E-state index in [0.29, 0.717) is 16.4 Å². The highest BCUT2D eigenvalue weighted by Crippen LogP contribution is 2.17. The van der Waals surface area contributed by atoms with E-state index >= 15 is 0 Å². The van der Waals surface area contributed by atoms with E-state index in [2.05, 4.69) is 0 Å². The van der Waals surface area contributed by atoms with Crippen LogP contribution in [0.4, 0.5) is 13.2 Å². The Hall–Kier alpha value is -2.25. The molecule has 1 rings (SSSR count). The SMILES string of the molecule is Cc1ccc(C=CC(=O)N(CC(=O)N(C)C)CC(F)(F)F)o1. The molecule has 0 aromatic carbocycles. The molecule has 8 heteroatoms. The molecule has 0 fully saturated rings. The zero-order valence-corrected chi connectivity index (χ0v) is 12.5. The fourth-order valence-corrected chi connectivity index (χ4v) is 1.53. The van der Waals surface area contributed by atoms with Gasteiger partial charge < -0.3 is 14.2 Å². The minimum Gasteiger partial charge on any atom is -0.462 e. The predicted molar refractivity (Wildman–Crippen MR) is 73.8 cm³/mol. The highest BCUT2D eigenvalue weighted by molar-refractivity contribution is 5.94. The first-order valence-corrected chi connectivity index (χ1v) is 6.39. The molecule has 0 unspecified atom stereocenters. The number of carbonyl (C=O) groups is 2. The Bertz CT molecular complexity index is 562. The smallest absolute Gasteiger partial charge is 0.406 e. The van der Waals surface area contributed by atoms with Crippen LogP contribution < -0.4 is 0 Å². The fourth-order valence-electron chi connectivity index (χ4n) is 1.53. The van der Waals surface area contributed by atoms with Crippen LogP contribution in [0.2, 0.25) is 0 Å². The summed E-state index contributed by atoms with van der Waals surface area (Å²) in [5, 5.41) is 0. The molecular formula is C14H17F3N2O3. The maximum atomic E-state index is 12.5. The normalized spacial score (nSPS) is 11.7. The third-order valence-electron chi connectivity index (χ3n) is 2.66. The number of hydrogen-bond donors (Lipinski definition) is 0. The van der Waals surface area contributed by atoms with Gasteiger partial charge >= 0.3 is 6.18 Å². The molecule has 122 valence electrons. The van der Waals surface area contributed by atoms with Crippen LogP contribution in [0, 0.1) is 6.92 Å². The van der Waals surface area contributed by atoms with Crippen LogP contribution in [0.15, 0.2) is 22.6 Å². The Balaban J connectivity index is 2.82. The summed E-state index contributed by atoms with van der Waals surface area (Å²) >= 11 is 0. The molecule has 0 aliphatic heterocycles. The van der Waals surface area contributed by atoms with E-state index in [-0.39, 0.29) is 0 Å². The van der Waals surface area contributed by atoms with Crippen LogP contribution in [-0.2, 0) is 9.59 Å². The number of furan rings is 1. The molecule has 0 aliphatic rings. The van der Waals surface area contributed by atoms with Gasteiger partial charge in [0.15, 0.2) is 0 Å². The Kier molecular flexibility index (Phi) is 5.78. The first kappa shape index (κ1) is 17.8. The third-order valence-corrected chi connectivity index (χ3v) is 2.66. The van der Waals surface area contributed by atoms with Crippen LogP contribution in [0.1, 0.15) is 11.5 Å². The van der Waals surface area contributed by atoms with Gasteiger partial charge in [-0.1, -0.05) is 0 Å². The van der Waals surface area contributed by atoms with E-state index in [1.54, 1.807) is 19.1 Å². The summed E-state index contributed by atoms with van der Waals surface area (Å²) in [6.45, 7) is -0.440. The van der Waals surface area contributed by atoms with Crippen LogP contribution in [0.25, 0.3) is 6.08 Å². The van der Waals surface area contributed by atoms with Gasteiger partial charge in [0.05, 0.1) is 0 Å². The lowest BCUT2D eigenvalue weighted by Crippen LogP contribution is -2.44. The molecule has 0 bridgehead atoms. The zero-order chi connectivity index (χ0) is 16.9. The number of rotatable bonds is 5. The summed E-state index contributed by atoms with van der Waals surface area (Å²) in [5.41, 5.74) is 0. The Morgan fingerprint density at radius 2 is 1.91 bits per heavy atom. The molecular weight excluding hydrogens is 301 g/mol. The van der Waals surface area contributed by atoms with Crippen LogP contribution in [0.3, 0.4) is 0 Å². The van der Waals surface area contributed by atoms with Crippen molar-refractivity contribution >= 4 is 17.9 Å². The topological polar surface area (TPSA) is 53.8 Å². The molecule has 0 saturated carbocycles. The number of hydrogen-bond acceptors (Lipinski definition) is 3. The molecule has 0 saturated heterocycles. The van der Waals surface area contributed by atoms with Crippen molar-refractivity contribution in [3.8, 4) is 0 Å². The van der Waals surface area contributed by atoms with E-state index in [1.807, 2.05) is 0 Å². The maximum Gasteiger partial charge on any atom is 0.406 e. The van der Waals surface area contributed by atoms with E-state index in [9.17, 15) is 22.8 Å². The van der Waals surface area contributed by atoms with Crippen LogP contribution in [0.5, 0.6) is 0 Å². The van der Waals surface area contributed by atoms with Gasteiger partial charge in [0.1, 0.15) is 24.6 Å². The zero-order valence-electron chi connectivity index (χ0n) is 12.5. The second kappa shape index (κ2) is 7.15. The molecule has 0 atom stereocenters. The minimum absolute atomic E-state index is 0.344. The van der Waals surface area contributed by atoms with Crippen molar-refractivity contribution in [2.45, 2.75) is 13.1 Å². The summed E-state index contributed by atoms with van der Waals surface area (Å²) in [6, 6.07) is 3.24. The second-order valence-electron chi connectivity index (χ2n) is 4.88. The van der Waals surface area contributed by atoms with Crippen molar-refractivity contribution in [2.24, 2.45) is 0 Å². The first-order chi connectivity index (χ1) is 10.1. The van der Waals surface area contributed by atoms with Gasteiger partial charge in [0.2, 0.25) is 11.8 Å². The Morgan fingerprint density at radius 3 is 2.36 bits per heavy atom. The third kappa shape index (κ3) is 6.02. The van der Waals surface area contributed by atoms with Gasteiger partial charge in [-0.05, 0) is 25.1 Å². The van der Waals surface area contributed by atoms with E-state index in [1.165, 1.54) is 20.2 Å². The number of likely N-dealkylation sites (N-methyl/N-ethyl adjacent to an activating group) is 1. The highest BCUT2D eigenvalue weighted by Gasteiger charge is 2.33. The molecule has 1 aromatic rings. The lowest BCUT2D eigenvalue weighted by atomic mass is 10.3. The van der Waals surface area contributed by atoms with Gasteiger partial charge in [-0.25, -0.2) is 0 Å². The highest BCUT2D eigenvalue weighted by atomic mass is 19.4. The summed E-state index contributed by atoms with van der Waals surface area (Å²) in [5.74, 6) is -0.555. The van der Waals surface area contributed by atoms with Crippen molar-refractivity contribution in [2.75, 3.05) is 27.2 Å². The van der Waals surface area contributed by atoms with Crippen LogP contribution >= 0.6 is 0 Å². The standard InChI is InChI=1S/C14H17F3N2O3/c1-10-4-5-11(22-10)6-7-12(20)19(9-14(15,16)17)8-13(21)18(2)3/h4-7H,8-9H2,1-3H3. The molecule has 22 heavy (non-hydrogen) atoms. The Morgan fingerprint density at radius 1 is 1.27 bits per heavy atom. The van der Waals surface area contributed by atoms with E-state index in [4.69, 9.17) is 4.42 Å². The van der Waals surface area contributed by atoms with Gasteiger partial charge in [-0.3, -0.25) is 9.59 Å². The lowest BCUT2D eigenvalue weighted by Gasteiger charge is -2.23. The second-order valence-corrected chi connectivity index (χ2v) is 4.88. The summed E-state index contributed by atoms with van der Waals surface area (Å²) < 4.78 is 42.7. The van der Waals surface area contributed by atoms with Crippen molar-refractivity contribution in [1.82, 2.24) is 9.80 Å². The number of amides is 2. The fraction of sp³-hybridized carbons (Fsp3) is 0.429. The molecule has 0 radical (unpaired) electrons. The predicted octanol–water partition coefficient (Wildman–Crippen LogP) is 2.08. The summed E-state index contributed by atoms with van der Waals surface area (Å²) in [7, 11) is 2.81. The number of alkyl halides is 3. The van der Waals surface area contributed by atoms with Gasteiger partial charge in [-0.2, -0.15) is 13.2 Å².